The number of furan rings is 1. The minimum atomic E-state index is -4.89. The predicted octanol–water partition coefficient (Wildman–Crippen LogP) is 1.21. The van der Waals surface area contributed by atoms with Crippen molar-refractivity contribution in [3.63, 3.8) is 0 Å². The highest BCUT2D eigenvalue weighted by molar-refractivity contribution is 5.91. The van der Waals surface area contributed by atoms with Crippen molar-refractivity contribution in [2.24, 2.45) is 0 Å². The summed E-state index contributed by atoms with van der Waals surface area (Å²) in [4.78, 5) is 21.3. The molecule has 1 rings (SSSR count). The molecule has 0 saturated carbocycles. The summed E-state index contributed by atoms with van der Waals surface area (Å²) < 4.78 is 40.5. The largest absolute Gasteiger partial charge is 0.471 e. The van der Waals surface area contributed by atoms with Crippen LogP contribution in [0.2, 0.25) is 0 Å². The summed E-state index contributed by atoms with van der Waals surface area (Å²) in [6.45, 7) is 1.08. The zero-order valence-electron chi connectivity index (χ0n) is 9.43. The number of hydrogen-bond donors (Lipinski definition) is 2. The van der Waals surface area contributed by atoms with Crippen LogP contribution in [0, 0.1) is 0 Å². The number of alkyl halides is 3. The quantitative estimate of drug-likeness (QED) is 0.476. The van der Waals surface area contributed by atoms with Crippen LogP contribution in [-0.2, 0) is 11.3 Å². The number of halogens is 3. The molecule has 0 aliphatic heterocycles. The molecule has 5 nitrogen and oxygen atoms in total. The molecule has 0 aliphatic rings. The maximum absolute atomic E-state index is 11.8. The Morgan fingerprint density at radius 2 is 2.00 bits per heavy atom. The van der Waals surface area contributed by atoms with Crippen molar-refractivity contribution in [1.82, 2.24) is 10.6 Å². The second kappa shape index (κ2) is 5.67. The third kappa shape index (κ3) is 4.21. The Labute approximate surface area is 100 Å². The Balaban J connectivity index is 2.30. The van der Waals surface area contributed by atoms with E-state index in [1.165, 1.54) is 19.1 Å². The van der Waals surface area contributed by atoms with Crippen molar-refractivity contribution in [1.29, 1.82) is 0 Å². The van der Waals surface area contributed by atoms with E-state index in [0.717, 1.165) is 0 Å². The van der Waals surface area contributed by atoms with Crippen LogP contribution < -0.4 is 10.6 Å². The second-order valence-electron chi connectivity index (χ2n) is 3.43. The van der Waals surface area contributed by atoms with Crippen LogP contribution >= 0.6 is 0 Å². The third-order valence-electron chi connectivity index (χ3n) is 1.94. The number of hydrogen-bond acceptors (Lipinski definition) is 4. The van der Waals surface area contributed by atoms with Gasteiger partial charge in [-0.1, -0.05) is 0 Å². The first kappa shape index (κ1) is 14.2. The monoisotopic (exact) mass is 264 g/mol. The summed E-state index contributed by atoms with van der Waals surface area (Å²) in [5.74, 6) is -1.70. The highest BCUT2D eigenvalue weighted by Gasteiger charge is 2.38. The van der Waals surface area contributed by atoms with Crippen molar-refractivity contribution in [2.45, 2.75) is 19.6 Å². The lowest BCUT2D eigenvalue weighted by atomic mass is 10.3. The SMILES string of the molecule is CC(=O)c1ccc(CNCNC(=O)C(F)(F)F)o1. The number of carbonyl (C=O) groups excluding carboxylic acids is 2. The molecule has 0 atom stereocenters. The molecule has 2 N–H and O–H groups in total. The van der Waals surface area contributed by atoms with Crippen LogP contribution in [0.4, 0.5) is 13.2 Å². The van der Waals surface area contributed by atoms with Gasteiger partial charge in [-0.25, -0.2) is 0 Å². The molecular formula is C10H11F3N2O3. The highest BCUT2D eigenvalue weighted by Crippen LogP contribution is 2.13. The topological polar surface area (TPSA) is 71.3 Å². The van der Waals surface area contributed by atoms with Crippen molar-refractivity contribution in [3.8, 4) is 0 Å². The van der Waals surface area contributed by atoms with E-state index in [1.807, 2.05) is 0 Å². The van der Waals surface area contributed by atoms with E-state index in [0.29, 0.717) is 5.76 Å². The summed E-state index contributed by atoms with van der Waals surface area (Å²) in [5.41, 5.74) is 0. The molecule has 0 aliphatic carbocycles. The zero-order chi connectivity index (χ0) is 13.8. The molecule has 8 heteroatoms. The molecule has 100 valence electrons. The third-order valence-corrected chi connectivity index (χ3v) is 1.94. The van der Waals surface area contributed by atoms with E-state index in [1.54, 1.807) is 5.32 Å². The fourth-order valence-corrected chi connectivity index (χ4v) is 1.09. The molecule has 1 aromatic heterocycles. The second-order valence-corrected chi connectivity index (χ2v) is 3.43. The molecule has 0 fully saturated rings. The van der Waals surface area contributed by atoms with E-state index < -0.39 is 12.1 Å². The molecule has 0 bridgehead atoms. The smallest absolute Gasteiger partial charge is 0.457 e. The maximum atomic E-state index is 11.8. The van der Waals surface area contributed by atoms with Crippen LogP contribution in [0.5, 0.6) is 0 Å². The molecule has 0 saturated heterocycles. The van der Waals surface area contributed by atoms with E-state index in [-0.39, 0.29) is 24.8 Å². The Morgan fingerprint density at radius 1 is 1.33 bits per heavy atom. The van der Waals surface area contributed by atoms with Crippen LogP contribution in [0.3, 0.4) is 0 Å². The van der Waals surface area contributed by atoms with Gasteiger partial charge in [0.05, 0.1) is 13.2 Å². The number of amides is 1. The molecule has 0 spiro atoms. The Hall–Kier alpha value is -1.83. The van der Waals surface area contributed by atoms with Gasteiger partial charge in [0, 0.05) is 6.92 Å². The average molecular weight is 264 g/mol. The lowest BCUT2D eigenvalue weighted by Gasteiger charge is -2.08. The van der Waals surface area contributed by atoms with Gasteiger partial charge in [-0.15, -0.1) is 0 Å². The summed E-state index contributed by atoms with van der Waals surface area (Å²) in [5, 5.41) is 4.16. The molecule has 1 aromatic rings. The van der Waals surface area contributed by atoms with Crippen LogP contribution in [0.15, 0.2) is 16.5 Å². The van der Waals surface area contributed by atoms with Crippen LogP contribution in [0.25, 0.3) is 0 Å². The first-order valence-corrected chi connectivity index (χ1v) is 4.96. The van der Waals surface area contributed by atoms with E-state index in [9.17, 15) is 22.8 Å². The van der Waals surface area contributed by atoms with Crippen molar-refractivity contribution in [3.05, 3.63) is 23.7 Å². The van der Waals surface area contributed by atoms with Crippen molar-refractivity contribution >= 4 is 11.7 Å². The molecule has 0 aromatic carbocycles. The molecular weight excluding hydrogens is 253 g/mol. The normalized spacial score (nSPS) is 11.3. The van der Waals surface area contributed by atoms with Gasteiger partial charge in [0.25, 0.3) is 0 Å². The number of rotatable bonds is 5. The van der Waals surface area contributed by atoms with E-state index in [4.69, 9.17) is 4.42 Å². The van der Waals surface area contributed by atoms with Gasteiger partial charge in [-0.3, -0.25) is 14.9 Å². The van der Waals surface area contributed by atoms with Crippen molar-refractivity contribution in [2.75, 3.05) is 6.67 Å². The van der Waals surface area contributed by atoms with Gasteiger partial charge in [-0.2, -0.15) is 13.2 Å². The standard InChI is InChI=1S/C10H11F3N2O3/c1-6(16)8-3-2-7(18-8)4-14-5-15-9(17)10(11,12)13/h2-3,14H,4-5H2,1H3,(H,15,17). The van der Waals surface area contributed by atoms with E-state index in [2.05, 4.69) is 5.32 Å². The number of ketones is 1. The summed E-state index contributed by atoms with van der Waals surface area (Å²) in [7, 11) is 0. The van der Waals surface area contributed by atoms with Gasteiger partial charge in [0.1, 0.15) is 5.76 Å². The Kier molecular flexibility index (Phi) is 4.49. The van der Waals surface area contributed by atoms with Crippen LogP contribution in [-0.4, -0.2) is 24.5 Å². The van der Waals surface area contributed by atoms with E-state index >= 15 is 0 Å². The molecule has 1 amide bonds. The summed E-state index contributed by atoms with van der Waals surface area (Å²) in [6, 6.07) is 2.99. The zero-order valence-corrected chi connectivity index (χ0v) is 9.43. The first-order valence-electron chi connectivity index (χ1n) is 4.96. The van der Waals surface area contributed by atoms with Gasteiger partial charge >= 0.3 is 12.1 Å². The maximum Gasteiger partial charge on any atom is 0.471 e. The average Bonchev–Trinajstić information content (AvgIpc) is 2.71. The van der Waals surface area contributed by atoms with Gasteiger partial charge in [0.2, 0.25) is 0 Å². The highest BCUT2D eigenvalue weighted by atomic mass is 19.4. The van der Waals surface area contributed by atoms with Gasteiger partial charge in [0.15, 0.2) is 11.5 Å². The summed E-state index contributed by atoms with van der Waals surface area (Å²) in [6.07, 6.45) is -4.89. The van der Waals surface area contributed by atoms with Crippen molar-refractivity contribution < 1.29 is 27.2 Å². The predicted molar refractivity (Wildman–Crippen MR) is 54.6 cm³/mol. The van der Waals surface area contributed by atoms with Gasteiger partial charge < -0.3 is 9.73 Å². The molecule has 0 radical (unpaired) electrons. The van der Waals surface area contributed by atoms with Gasteiger partial charge in [-0.05, 0) is 12.1 Å². The minimum absolute atomic E-state index is 0.103. The summed E-state index contributed by atoms with van der Waals surface area (Å²) >= 11 is 0. The number of Topliss-reactive ketones (excluding diaryl/α,β-unsaturated/α-hetero) is 1. The lowest BCUT2D eigenvalue weighted by molar-refractivity contribution is -0.173. The molecule has 1 heterocycles. The Bertz CT molecular complexity index is 440. The lowest BCUT2D eigenvalue weighted by Crippen LogP contribution is -2.41. The molecule has 18 heavy (non-hydrogen) atoms. The minimum Gasteiger partial charge on any atom is -0.457 e. The Morgan fingerprint density at radius 3 is 2.50 bits per heavy atom. The number of carbonyl (C=O) groups is 2. The fourth-order valence-electron chi connectivity index (χ4n) is 1.09. The van der Waals surface area contributed by atoms with Crippen LogP contribution in [0.1, 0.15) is 23.2 Å². The number of nitrogens with one attached hydrogen (secondary N) is 2. The fraction of sp³-hybridized carbons (Fsp3) is 0.400. The molecule has 0 unspecified atom stereocenters. The first-order chi connectivity index (χ1) is 8.30.